The van der Waals surface area contributed by atoms with Crippen molar-refractivity contribution in [1.29, 1.82) is 0 Å². The molecular formula is C50H18. The van der Waals surface area contributed by atoms with Gasteiger partial charge in [0.25, 0.3) is 0 Å². The number of terminal acetylenes is 1. The summed E-state index contributed by atoms with van der Waals surface area (Å²) in [6.45, 7) is 1.70. The highest BCUT2D eigenvalue weighted by Gasteiger charge is 2.54. The molecule has 1 unspecified atom stereocenters. The lowest BCUT2D eigenvalue weighted by molar-refractivity contribution is 0.132. The van der Waals surface area contributed by atoms with Crippen LogP contribution < -0.4 is 0 Å². The van der Waals surface area contributed by atoms with Gasteiger partial charge in [-0.25, -0.2) is 0 Å². The first kappa shape index (κ1) is 37.4. The van der Waals surface area contributed by atoms with Crippen molar-refractivity contribution in [2.45, 2.75) is 51.9 Å². The van der Waals surface area contributed by atoms with Crippen LogP contribution in [0.4, 0.5) is 0 Å². The van der Waals surface area contributed by atoms with Gasteiger partial charge in [0.1, 0.15) is 0 Å². The molecule has 2 fully saturated rings. The predicted octanol–water partition coefficient (Wildman–Crippen LogP) is 3.43. The lowest BCUT2D eigenvalue weighted by Crippen LogP contribution is -2.38. The molecule has 0 aromatic heterocycles. The fourth-order valence-electron chi connectivity index (χ4n) is 4.61. The minimum Gasteiger partial charge on any atom is -0.106 e. The Bertz CT molecular complexity index is 2700. The Balaban J connectivity index is 1.97. The predicted molar refractivity (Wildman–Crippen MR) is 199 cm³/mol. The molecule has 2 aliphatic rings. The minimum absolute atomic E-state index is 0.193. The maximum Gasteiger partial charge on any atom is 0.0490 e. The third kappa shape index (κ3) is 15.8. The number of hydrogen-bond acceptors (Lipinski definition) is 0. The van der Waals surface area contributed by atoms with Crippen molar-refractivity contribution in [3.8, 4) is 237 Å². The van der Waals surface area contributed by atoms with Crippen LogP contribution in [0.15, 0.2) is 0 Å². The fourth-order valence-corrected chi connectivity index (χ4v) is 4.61. The van der Waals surface area contributed by atoms with Gasteiger partial charge >= 0.3 is 0 Å². The van der Waals surface area contributed by atoms with Crippen LogP contribution in [0.1, 0.15) is 51.9 Å². The average molecular weight is 619 g/mol. The highest BCUT2D eigenvalue weighted by Crippen LogP contribution is 2.60. The average Bonchev–Trinajstić information content (AvgIpc) is 3.51. The van der Waals surface area contributed by atoms with Crippen molar-refractivity contribution in [1.82, 2.24) is 0 Å². The second-order valence-corrected chi connectivity index (χ2v) is 9.24. The Morgan fingerprint density at radius 3 is 0.760 bits per heavy atom. The lowest BCUT2D eigenvalue weighted by Gasteiger charge is -2.43. The van der Waals surface area contributed by atoms with E-state index in [0.29, 0.717) is 0 Å². The minimum atomic E-state index is -0.193. The number of hydrogen-bond donors (Lipinski definition) is 0. The van der Waals surface area contributed by atoms with Crippen LogP contribution in [0.2, 0.25) is 0 Å². The van der Waals surface area contributed by atoms with Crippen LogP contribution in [0, 0.1) is 248 Å². The van der Waals surface area contributed by atoms with Crippen molar-refractivity contribution >= 4 is 0 Å². The van der Waals surface area contributed by atoms with E-state index in [0.717, 1.165) is 44.9 Å². The SMILES string of the molecule is C#CC#CC#CC#CC#CC#CC#CC#CC#CC#CC12CCCC[C@@]1(C#CC#CC#CC#CC#CC#CC#CC#CC#CC#CC)CCC2. The first-order valence-electron chi connectivity index (χ1n) is 14.7. The van der Waals surface area contributed by atoms with Gasteiger partial charge in [-0.15, -0.1) is 6.42 Å². The summed E-state index contributed by atoms with van der Waals surface area (Å²) in [5.74, 6) is 103. The smallest absolute Gasteiger partial charge is 0.0490 e. The van der Waals surface area contributed by atoms with E-state index >= 15 is 0 Å². The molecule has 2 atom stereocenters. The molecule has 2 rings (SSSR count). The summed E-state index contributed by atoms with van der Waals surface area (Å²) in [5, 5.41) is 0. The van der Waals surface area contributed by atoms with E-state index in [1.807, 2.05) is 0 Å². The Hall–Kier alpha value is -8.80. The second-order valence-electron chi connectivity index (χ2n) is 9.24. The summed E-state index contributed by atoms with van der Waals surface area (Å²) in [5.41, 5.74) is -0.385. The summed E-state index contributed by atoms with van der Waals surface area (Å²) in [6, 6.07) is 0. The fraction of sp³-hybridized carbons (Fsp3) is 0.200. The Morgan fingerprint density at radius 2 is 0.500 bits per heavy atom. The number of fused-ring (bicyclic) bond motifs is 1. The molecule has 0 radical (unpaired) electrons. The summed E-state index contributed by atoms with van der Waals surface area (Å²) in [7, 11) is 0. The second kappa shape index (κ2) is 25.5. The zero-order chi connectivity index (χ0) is 35.5. The van der Waals surface area contributed by atoms with E-state index in [4.69, 9.17) is 6.42 Å². The Labute approximate surface area is 299 Å². The Morgan fingerprint density at radius 1 is 0.280 bits per heavy atom. The summed E-state index contributed by atoms with van der Waals surface area (Å²) < 4.78 is 0. The summed E-state index contributed by atoms with van der Waals surface area (Å²) >= 11 is 0. The molecule has 2 aliphatic carbocycles. The maximum atomic E-state index is 4.97. The van der Waals surface area contributed by atoms with E-state index in [-0.39, 0.29) is 10.8 Å². The molecule has 0 N–H and O–H groups in total. The molecule has 0 heteroatoms. The molecule has 0 aromatic carbocycles. The van der Waals surface area contributed by atoms with Gasteiger partial charge in [0.15, 0.2) is 0 Å². The highest BCUT2D eigenvalue weighted by molar-refractivity contribution is 5.49. The van der Waals surface area contributed by atoms with Gasteiger partial charge in [0.05, 0.1) is 0 Å². The zero-order valence-electron chi connectivity index (χ0n) is 27.0. The summed E-state index contributed by atoms with van der Waals surface area (Å²) in [6.07, 6.45) is 12.3. The molecular weight excluding hydrogens is 601 g/mol. The molecule has 0 amide bonds. The third-order valence-corrected chi connectivity index (χ3v) is 6.44. The Kier molecular flexibility index (Phi) is 19.1. The normalized spacial score (nSPS) is 14.2. The van der Waals surface area contributed by atoms with Crippen LogP contribution in [-0.4, -0.2) is 0 Å². The standard InChI is InChI=1S/C50H18/c1-3-5-7-9-11-13-15-17-19-21-23-25-27-29-31-33-35-37-39-44-50-46-41-40-45-49(50,47-42-48-50)43-38-36-34-32-30-28-26-24-22-20-18-16-14-12-10-8-6-4-2/h2H,40-42,45-48H2,1H3/t49?,50-/m0/s1. The monoisotopic (exact) mass is 618 g/mol. The molecule has 2 saturated carbocycles. The maximum absolute atomic E-state index is 4.97. The first-order valence-corrected chi connectivity index (χ1v) is 14.7. The van der Waals surface area contributed by atoms with Crippen LogP contribution in [0.3, 0.4) is 0 Å². The summed E-state index contributed by atoms with van der Waals surface area (Å²) in [4.78, 5) is 0. The van der Waals surface area contributed by atoms with Gasteiger partial charge < -0.3 is 0 Å². The van der Waals surface area contributed by atoms with Gasteiger partial charge in [-0.2, -0.15) is 0 Å². The van der Waals surface area contributed by atoms with E-state index < -0.39 is 0 Å². The zero-order valence-corrected chi connectivity index (χ0v) is 27.0. The van der Waals surface area contributed by atoms with Crippen LogP contribution in [0.5, 0.6) is 0 Å². The van der Waals surface area contributed by atoms with E-state index in [1.165, 1.54) is 0 Å². The van der Waals surface area contributed by atoms with Crippen LogP contribution >= 0.6 is 0 Å². The topological polar surface area (TPSA) is 0 Å². The van der Waals surface area contributed by atoms with Gasteiger partial charge in [-0.05, 0) is 222 Å². The van der Waals surface area contributed by atoms with Crippen LogP contribution in [-0.2, 0) is 0 Å². The van der Waals surface area contributed by atoms with Crippen molar-refractivity contribution in [2.75, 3.05) is 0 Å². The van der Waals surface area contributed by atoms with Crippen molar-refractivity contribution in [2.24, 2.45) is 10.8 Å². The molecule has 0 heterocycles. The molecule has 50 heavy (non-hydrogen) atoms. The third-order valence-electron chi connectivity index (χ3n) is 6.44. The lowest BCUT2D eigenvalue weighted by atomic mass is 9.58. The van der Waals surface area contributed by atoms with Crippen molar-refractivity contribution in [3.05, 3.63) is 0 Å². The highest BCUT2D eigenvalue weighted by atomic mass is 14.5. The van der Waals surface area contributed by atoms with Crippen LogP contribution in [0.25, 0.3) is 0 Å². The molecule has 218 valence electrons. The molecule has 0 aromatic rings. The van der Waals surface area contributed by atoms with Crippen molar-refractivity contribution < 1.29 is 0 Å². The van der Waals surface area contributed by atoms with E-state index in [1.54, 1.807) is 6.92 Å². The van der Waals surface area contributed by atoms with E-state index in [2.05, 4.69) is 231 Å². The van der Waals surface area contributed by atoms with Gasteiger partial charge in [0, 0.05) is 34.5 Å². The largest absolute Gasteiger partial charge is 0.106 e. The van der Waals surface area contributed by atoms with Crippen molar-refractivity contribution in [3.63, 3.8) is 0 Å². The molecule has 0 aliphatic heterocycles. The molecule has 0 nitrogen and oxygen atoms in total. The quantitative estimate of drug-likeness (QED) is 0.366. The van der Waals surface area contributed by atoms with E-state index in [9.17, 15) is 0 Å². The first-order chi connectivity index (χ1) is 24.8. The van der Waals surface area contributed by atoms with Gasteiger partial charge in [0.2, 0.25) is 0 Å². The van der Waals surface area contributed by atoms with Gasteiger partial charge in [-0.1, -0.05) is 37.0 Å². The molecule has 0 bridgehead atoms. The molecule has 0 saturated heterocycles. The molecule has 0 spiro atoms. The van der Waals surface area contributed by atoms with Gasteiger partial charge in [-0.3, -0.25) is 0 Å². The number of rotatable bonds is 0.